The number of para-hydroxylation sites is 1. The van der Waals surface area contributed by atoms with Crippen LogP contribution in [0.15, 0.2) is 30.5 Å². The second-order valence-electron chi connectivity index (χ2n) is 9.31. The average molecular weight is 536 g/mol. The van der Waals surface area contributed by atoms with E-state index in [1.807, 2.05) is 30.5 Å². The van der Waals surface area contributed by atoms with Crippen LogP contribution in [-0.4, -0.2) is 81.2 Å². The Kier molecular flexibility index (Phi) is 11.4. The quantitative estimate of drug-likeness (QED) is 0.181. The zero-order valence-corrected chi connectivity index (χ0v) is 22.3. The molecule has 0 aliphatic carbocycles. The number of thioether (sulfide) groups is 1. The highest BCUT2D eigenvalue weighted by Gasteiger charge is 2.33. The molecule has 0 aliphatic rings. The predicted molar refractivity (Wildman–Crippen MR) is 143 cm³/mol. The predicted octanol–water partition coefficient (Wildman–Crippen LogP) is 0.367. The standard InChI is InChI=1S/C25H37N5O6S/c1-13(2)20(25(35)36)29-23(33)19(11-15-12-27-18-8-6-5-7-16(15)18)28-24(34)21(14(3)31)30-22(32)17(26)9-10-37-4/h5-8,12-14,17,19-21,27,31H,9-11,26H2,1-4H3,(H,28,34)(H,29,33)(H,30,32)(H,35,36). The van der Waals surface area contributed by atoms with Crippen LogP contribution in [0.1, 0.15) is 32.8 Å². The molecule has 0 saturated heterocycles. The van der Waals surface area contributed by atoms with E-state index in [0.717, 1.165) is 16.5 Å². The number of carboxylic acid groups (broad SMARTS) is 1. The summed E-state index contributed by atoms with van der Waals surface area (Å²) in [5, 5.41) is 28.2. The number of fused-ring (bicyclic) bond motifs is 1. The number of hydrogen-bond acceptors (Lipinski definition) is 7. The number of carboxylic acids is 1. The summed E-state index contributed by atoms with van der Waals surface area (Å²) in [6, 6.07) is 2.83. The van der Waals surface area contributed by atoms with Gasteiger partial charge in [0, 0.05) is 23.5 Å². The van der Waals surface area contributed by atoms with Gasteiger partial charge in [-0.05, 0) is 42.9 Å². The number of benzene rings is 1. The maximum Gasteiger partial charge on any atom is 0.326 e. The van der Waals surface area contributed by atoms with Crippen molar-refractivity contribution < 1.29 is 29.4 Å². The van der Waals surface area contributed by atoms with Crippen LogP contribution in [-0.2, 0) is 25.6 Å². The Morgan fingerprint density at radius 3 is 2.24 bits per heavy atom. The molecule has 0 saturated carbocycles. The summed E-state index contributed by atoms with van der Waals surface area (Å²) >= 11 is 1.52. The van der Waals surface area contributed by atoms with Crippen LogP contribution in [0.5, 0.6) is 0 Å². The first-order valence-corrected chi connectivity index (χ1v) is 13.5. The number of aliphatic hydroxyl groups excluding tert-OH is 1. The number of amides is 3. The molecule has 0 fully saturated rings. The van der Waals surface area contributed by atoms with Crippen LogP contribution in [0.25, 0.3) is 10.9 Å². The second-order valence-corrected chi connectivity index (χ2v) is 10.3. The van der Waals surface area contributed by atoms with Gasteiger partial charge in [0.05, 0.1) is 12.1 Å². The maximum absolute atomic E-state index is 13.2. The molecule has 0 radical (unpaired) electrons. The molecule has 5 atom stereocenters. The number of aliphatic hydroxyl groups is 1. The summed E-state index contributed by atoms with van der Waals surface area (Å²) in [5.41, 5.74) is 7.46. The molecule has 12 heteroatoms. The number of nitrogens with two attached hydrogens (primary N) is 1. The molecule has 1 heterocycles. The van der Waals surface area contributed by atoms with Gasteiger partial charge in [-0.15, -0.1) is 0 Å². The van der Waals surface area contributed by atoms with Crippen LogP contribution in [0, 0.1) is 5.92 Å². The summed E-state index contributed by atoms with van der Waals surface area (Å²) in [4.78, 5) is 53.7. The van der Waals surface area contributed by atoms with Gasteiger partial charge < -0.3 is 36.9 Å². The number of H-pyrrole nitrogens is 1. The van der Waals surface area contributed by atoms with Gasteiger partial charge in [0.1, 0.15) is 18.1 Å². The van der Waals surface area contributed by atoms with Crippen molar-refractivity contribution in [3.05, 3.63) is 36.0 Å². The molecule has 0 aliphatic heterocycles. The Morgan fingerprint density at radius 2 is 1.65 bits per heavy atom. The molecule has 0 bridgehead atoms. The Bertz CT molecular complexity index is 1090. The molecule has 11 nitrogen and oxygen atoms in total. The van der Waals surface area contributed by atoms with Crippen molar-refractivity contribution in [3.8, 4) is 0 Å². The summed E-state index contributed by atoms with van der Waals surface area (Å²) in [6.07, 6.45) is 2.74. The lowest BCUT2D eigenvalue weighted by atomic mass is 10.0. The van der Waals surface area contributed by atoms with Crippen LogP contribution in [0.2, 0.25) is 0 Å². The molecule has 2 rings (SSSR count). The molecular formula is C25H37N5O6S. The van der Waals surface area contributed by atoms with Gasteiger partial charge in [0.2, 0.25) is 17.7 Å². The second kappa shape index (κ2) is 14.0. The van der Waals surface area contributed by atoms with Gasteiger partial charge in [-0.25, -0.2) is 4.79 Å². The fourth-order valence-corrected chi connectivity index (χ4v) is 4.29. The van der Waals surface area contributed by atoms with Crippen molar-refractivity contribution >= 4 is 46.4 Å². The Morgan fingerprint density at radius 1 is 1.00 bits per heavy atom. The van der Waals surface area contributed by atoms with E-state index in [9.17, 15) is 29.4 Å². The van der Waals surface area contributed by atoms with Crippen LogP contribution < -0.4 is 21.7 Å². The van der Waals surface area contributed by atoms with E-state index in [-0.39, 0.29) is 6.42 Å². The van der Waals surface area contributed by atoms with Crippen molar-refractivity contribution in [2.24, 2.45) is 11.7 Å². The van der Waals surface area contributed by atoms with E-state index < -0.39 is 59.9 Å². The summed E-state index contributed by atoms with van der Waals surface area (Å²) in [5.74, 6) is -3.05. The van der Waals surface area contributed by atoms with Gasteiger partial charge in [-0.1, -0.05) is 32.0 Å². The Hall–Kier alpha value is -3.09. The van der Waals surface area contributed by atoms with E-state index in [2.05, 4.69) is 20.9 Å². The van der Waals surface area contributed by atoms with E-state index in [4.69, 9.17) is 5.73 Å². The molecule has 37 heavy (non-hydrogen) atoms. The zero-order valence-electron chi connectivity index (χ0n) is 21.5. The first kappa shape index (κ1) is 30.1. The third-order valence-electron chi connectivity index (χ3n) is 5.99. The lowest BCUT2D eigenvalue weighted by molar-refractivity contribution is -0.143. The van der Waals surface area contributed by atoms with Crippen LogP contribution in [0.4, 0.5) is 0 Å². The minimum Gasteiger partial charge on any atom is -0.480 e. The molecule has 204 valence electrons. The Balaban J connectivity index is 2.29. The first-order valence-electron chi connectivity index (χ1n) is 12.1. The molecule has 1 aromatic carbocycles. The topological polar surface area (TPSA) is 187 Å². The Labute approximate surface area is 220 Å². The number of aromatic amines is 1. The lowest BCUT2D eigenvalue weighted by Gasteiger charge is -2.27. The van der Waals surface area contributed by atoms with Crippen molar-refractivity contribution in [1.82, 2.24) is 20.9 Å². The third-order valence-corrected chi connectivity index (χ3v) is 6.64. The number of nitrogens with one attached hydrogen (secondary N) is 4. The number of aromatic nitrogens is 1. The largest absolute Gasteiger partial charge is 0.480 e. The van der Waals surface area contributed by atoms with Gasteiger partial charge in [0.25, 0.3) is 0 Å². The molecule has 0 spiro atoms. The van der Waals surface area contributed by atoms with Crippen LogP contribution >= 0.6 is 11.8 Å². The molecule has 1 aromatic heterocycles. The summed E-state index contributed by atoms with van der Waals surface area (Å²) in [6.45, 7) is 4.66. The van der Waals surface area contributed by atoms with Crippen molar-refractivity contribution in [1.29, 1.82) is 0 Å². The molecule has 8 N–H and O–H groups in total. The zero-order chi connectivity index (χ0) is 27.7. The van der Waals surface area contributed by atoms with Crippen LogP contribution in [0.3, 0.4) is 0 Å². The highest BCUT2D eigenvalue weighted by molar-refractivity contribution is 7.98. The van der Waals surface area contributed by atoms with E-state index >= 15 is 0 Å². The molecule has 5 unspecified atom stereocenters. The maximum atomic E-state index is 13.2. The monoisotopic (exact) mass is 535 g/mol. The van der Waals surface area contributed by atoms with Crippen molar-refractivity contribution in [3.63, 3.8) is 0 Å². The number of carbonyl (C=O) groups is 4. The number of carbonyl (C=O) groups excluding carboxylic acids is 3. The highest BCUT2D eigenvalue weighted by atomic mass is 32.2. The first-order chi connectivity index (χ1) is 17.5. The minimum atomic E-state index is -1.37. The van der Waals surface area contributed by atoms with Gasteiger partial charge in [-0.3, -0.25) is 14.4 Å². The van der Waals surface area contributed by atoms with E-state index in [0.29, 0.717) is 12.2 Å². The number of hydrogen-bond donors (Lipinski definition) is 7. The smallest absolute Gasteiger partial charge is 0.326 e. The fraction of sp³-hybridized carbons (Fsp3) is 0.520. The normalized spacial score (nSPS) is 15.4. The van der Waals surface area contributed by atoms with Crippen molar-refractivity contribution in [2.45, 2.75) is 63.9 Å². The summed E-state index contributed by atoms with van der Waals surface area (Å²) in [7, 11) is 0. The summed E-state index contributed by atoms with van der Waals surface area (Å²) < 4.78 is 0. The molecular weight excluding hydrogens is 498 g/mol. The fourth-order valence-electron chi connectivity index (χ4n) is 3.80. The van der Waals surface area contributed by atoms with E-state index in [1.54, 1.807) is 20.0 Å². The van der Waals surface area contributed by atoms with Crippen molar-refractivity contribution in [2.75, 3.05) is 12.0 Å². The highest BCUT2D eigenvalue weighted by Crippen LogP contribution is 2.19. The van der Waals surface area contributed by atoms with Gasteiger partial charge in [-0.2, -0.15) is 11.8 Å². The average Bonchev–Trinajstić information content (AvgIpc) is 3.25. The van der Waals surface area contributed by atoms with E-state index in [1.165, 1.54) is 18.7 Å². The van der Waals surface area contributed by atoms with Gasteiger partial charge >= 0.3 is 5.97 Å². The lowest BCUT2D eigenvalue weighted by Crippen LogP contribution is -2.60. The molecule has 2 aromatic rings. The third kappa shape index (κ3) is 8.48. The minimum absolute atomic E-state index is 0.0414. The number of aliphatic carboxylic acids is 1. The SMILES string of the molecule is CSCCC(N)C(=O)NC(C(=O)NC(Cc1c[nH]c2ccccc12)C(=O)NC(C(=O)O)C(C)C)C(C)O. The molecule has 3 amide bonds. The van der Waals surface area contributed by atoms with Gasteiger partial charge in [0.15, 0.2) is 0 Å². The number of rotatable bonds is 14.